The summed E-state index contributed by atoms with van der Waals surface area (Å²) >= 11 is 1.30. The lowest BCUT2D eigenvalue weighted by Gasteiger charge is -2.13. The molecule has 3 rings (SSSR count). The number of amides is 2. The van der Waals surface area contributed by atoms with E-state index in [0.29, 0.717) is 16.4 Å². The van der Waals surface area contributed by atoms with E-state index in [0.717, 1.165) is 17.0 Å². The molecule has 0 unspecified atom stereocenters. The number of nitrogens with zero attached hydrogens (tertiary/aromatic N) is 3. The van der Waals surface area contributed by atoms with Gasteiger partial charge in [0.2, 0.25) is 5.91 Å². The van der Waals surface area contributed by atoms with Crippen LogP contribution in [0, 0.1) is 6.92 Å². The van der Waals surface area contributed by atoms with E-state index in [9.17, 15) is 9.59 Å². The molecule has 0 radical (unpaired) electrons. The van der Waals surface area contributed by atoms with Crippen LogP contribution in [0.2, 0.25) is 0 Å². The molecule has 8 heteroatoms. The van der Waals surface area contributed by atoms with Gasteiger partial charge in [-0.05, 0) is 38.5 Å². The van der Waals surface area contributed by atoms with E-state index in [-0.39, 0.29) is 23.6 Å². The van der Waals surface area contributed by atoms with E-state index in [1.54, 1.807) is 24.3 Å². The second-order valence-electron chi connectivity index (χ2n) is 7.19. The highest BCUT2D eigenvalue weighted by molar-refractivity contribution is 7.99. The SMILES string of the molecule is Cc1ccccc1-c1nnc(SCC(=O)Nc2ccccc2C(=O)NC(C)C)n1C. The minimum atomic E-state index is -0.218. The molecule has 2 amide bonds. The summed E-state index contributed by atoms with van der Waals surface area (Å²) in [6.07, 6.45) is 0. The van der Waals surface area contributed by atoms with Crippen LogP contribution in [0.3, 0.4) is 0 Å². The van der Waals surface area contributed by atoms with E-state index >= 15 is 0 Å². The number of rotatable bonds is 7. The van der Waals surface area contributed by atoms with Crippen LogP contribution in [0.25, 0.3) is 11.4 Å². The molecule has 30 heavy (non-hydrogen) atoms. The highest BCUT2D eigenvalue weighted by atomic mass is 32.2. The number of hydrogen-bond donors (Lipinski definition) is 2. The second-order valence-corrected chi connectivity index (χ2v) is 8.13. The summed E-state index contributed by atoms with van der Waals surface area (Å²) in [5.41, 5.74) is 3.04. The van der Waals surface area contributed by atoms with Crippen LogP contribution in [0.5, 0.6) is 0 Å². The van der Waals surface area contributed by atoms with Gasteiger partial charge >= 0.3 is 0 Å². The Morgan fingerprint density at radius 2 is 1.77 bits per heavy atom. The van der Waals surface area contributed by atoms with Crippen molar-refractivity contribution < 1.29 is 9.59 Å². The van der Waals surface area contributed by atoms with Crippen molar-refractivity contribution in [3.05, 3.63) is 59.7 Å². The molecule has 0 saturated carbocycles. The van der Waals surface area contributed by atoms with Crippen molar-refractivity contribution in [2.24, 2.45) is 7.05 Å². The van der Waals surface area contributed by atoms with Crippen molar-refractivity contribution in [2.45, 2.75) is 32.0 Å². The fourth-order valence-electron chi connectivity index (χ4n) is 2.95. The van der Waals surface area contributed by atoms with Crippen molar-refractivity contribution in [3.63, 3.8) is 0 Å². The molecule has 0 bridgehead atoms. The molecule has 0 atom stereocenters. The maximum absolute atomic E-state index is 12.5. The number of benzene rings is 2. The second kappa shape index (κ2) is 9.58. The molecule has 0 aliphatic rings. The minimum Gasteiger partial charge on any atom is -0.350 e. The van der Waals surface area contributed by atoms with Gasteiger partial charge in [-0.1, -0.05) is 48.2 Å². The summed E-state index contributed by atoms with van der Waals surface area (Å²) in [7, 11) is 1.88. The zero-order chi connectivity index (χ0) is 21.7. The van der Waals surface area contributed by atoms with Gasteiger partial charge in [-0.2, -0.15) is 0 Å². The molecule has 2 N–H and O–H groups in total. The number of nitrogens with one attached hydrogen (secondary N) is 2. The quantitative estimate of drug-likeness (QED) is 0.566. The van der Waals surface area contributed by atoms with E-state index in [1.165, 1.54) is 11.8 Å². The Morgan fingerprint density at radius 1 is 1.07 bits per heavy atom. The topological polar surface area (TPSA) is 88.9 Å². The van der Waals surface area contributed by atoms with Gasteiger partial charge in [-0.3, -0.25) is 9.59 Å². The number of thioether (sulfide) groups is 1. The minimum absolute atomic E-state index is 0.00942. The first kappa shape index (κ1) is 21.6. The molecule has 2 aromatic carbocycles. The fraction of sp³-hybridized carbons (Fsp3) is 0.273. The lowest BCUT2D eigenvalue weighted by Crippen LogP contribution is -2.31. The van der Waals surface area contributed by atoms with E-state index in [1.807, 2.05) is 56.7 Å². The predicted molar refractivity (Wildman–Crippen MR) is 120 cm³/mol. The molecule has 3 aromatic rings. The monoisotopic (exact) mass is 423 g/mol. The van der Waals surface area contributed by atoms with E-state index in [4.69, 9.17) is 0 Å². The Kier molecular flexibility index (Phi) is 6.89. The molecular weight excluding hydrogens is 398 g/mol. The summed E-state index contributed by atoms with van der Waals surface area (Å²) in [4.78, 5) is 24.9. The normalized spacial score (nSPS) is 10.8. The number of anilines is 1. The molecular formula is C22H25N5O2S. The first-order valence-electron chi connectivity index (χ1n) is 9.64. The largest absolute Gasteiger partial charge is 0.350 e. The maximum atomic E-state index is 12.5. The van der Waals surface area contributed by atoms with Gasteiger partial charge in [0.15, 0.2) is 11.0 Å². The average molecular weight is 424 g/mol. The van der Waals surface area contributed by atoms with Crippen molar-refractivity contribution in [3.8, 4) is 11.4 Å². The third-order valence-corrected chi connectivity index (χ3v) is 5.44. The number of para-hydroxylation sites is 1. The molecule has 0 fully saturated rings. The standard InChI is InChI=1S/C22H25N5O2S/c1-14(2)23-21(29)17-11-7-8-12-18(17)24-19(28)13-30-22-26-25-20(27(22)4)16-10-6-5-9-15(16)3/h5-12,14H,13H2,1-4H3,(H,23,29)(H,24,28). The highest BCUT2D eigenvalue weighted by Gasteiger charge is 2.16. The van der Waals surface area contributed by atoms with Crippen molar-refractivity contribution >= 4 is 29.3 Å². The molecule has 0 spiro atoms. The molecule has 0 aliphatic carbocycles. The first-order valence-corrected chi connectivity index (χ1v) is 10.6. The summed E-state index contributed by atoms with van der Waals surface area (Å²) in [5.74, 6) is 0.474. The molecule has 1 heterocycles. The molecule has 0 aliphatic heterocycles. The van der Waals surface area contributed by atoms with Crippen molar-refractivity contribution in [1.29, 1.82) is 0 Å². The Labute approximate surface area is 180 Å². The Morgan fingerprint density at radius 3 is 2.50 bits per heavy atom. The van der Waals surface area contributed by atoms with Gasteiger partial charge < -0.3 is 15.2 Å². The van der Waals surface area contributed by atoms with Crippen LogP contribution in [0.1, 0.15) is 29.8 Å². The third-order valence-electron chi connectivity index (χ3n) is 4.42. The summed E-state index contributed by atoms with van der Waals surface area (Å²) in [6, 6.07) is 14.9. The molecule has 156 valence electrons. The summed E-state index contributed by atoms with van der Waals surface area (Å²) in [6.45, 7) is 5.81. The number of carbonyl (C=O) groups excluding carboxylic acids is 2. The van der Waals surface area contributed by atoms with Gasteiger partial charge in [0.25, 0.3) is 5.91 Å². The van der Waals surface area contributed by atoms with Crippen LogP contribution in [-0.2, 0) is 11.8 Å². The summed E-state index contributed by atoms with van der Waals surface area (Å²) in [5, 5.41) is 14.8. The Bertz CT molecular complexity index is 1060. The third kappa shape index (κ3) is 5.07. The lowest BCUT2D eigenvalue weighted by atomic mass is 10.1. The Hall–Kier alpha value is -3.13. The molecule has 1 aromatic heterocycles. The van der Waals surface area contributed by atoms with Crippen LogP contribution in [-0.4, -0.2) is 38.4 Å². The number of aryl methyl sites for hydroxylation is 1. The highest BCUT2D eigenvalue weighted by Crippen LogP contribution is 2.25. The van der Waals surface area contributed by atoms with Gasteiger partial charge in [0.05, 0.1) is 17.0 Å². The number of aromatic nitrogens is 3. The van der Waals surface area contributed by atoms with Gasteiger partial charge in [0, 0.05) is 18.7 Å². The fourth-order valence-corrected chi connectivity index (χ4v) is 3.66. The lowest BCUT2D eigenvalue weighted by molar-refractivity contribution is -0.113. The smallest absolute Gasteiger partial charge is 0.253 e. The zero-order valence-corrected chi connectivity index (χ0v) is 18.3. The van der Waals surface area contributed by atoms with Crippen molar-refractivity contribution in [1.82, 2.24) is 20.1 Å². The predicted octanol–water partition coefficient (Wildman–Crippen LogP) is 3.66. The summed E-state index contributed by atoms with van der Waals surface area (Å²) < 4.78 is 1.88. The van der Waals surface area contributed by atoms with Crippen LogP contribution >= 0.6 is 11.8 Å². The van der Waals surface area contributed by atoms with E-state index in [2.05, 4.69) is 20.8 Å². The zero-order valence-electron chi connectivity index (χ0n) is 17.5. The number of hydrogen-bond acceptors (Lipinski definition) is 5. The first-order chi connectivity index (χ1) is 14.4. The maximum Gasteiger partial charge on any atom is 0.253 e. The Balaban J connectivity index is 1.67. The average Bonchev–Trinajstić information content (AvgIpc) is 3.07. The number of carbonyl (C=O) groups is 2. The van der Waals surface area contributed by atoms with Crippen LogP contribution in [0.4, 0.5) is 5.69 Å². The van der Waals surface area contributed by atoms with Gasteiger partial charge in [-0.25, -0.2) is 0 Å². The molecule has 7 nitrogen and oxygen atoms in total. The van der Waals surface area contributed by atoms with Crippen molar-refractivity contribution in [2.75, 3.05) is 11.1 Å². The van der Waals surface area contributed by atoms with E-state index < -0.39 is 0 Å². The van der Waals surface area contributed by atoms with Gasteiger partial charge in [0.1, 0.15) is 0 Å². The molecule has 0 saturated heterocycles. The van der Waals surface area contributed by atoms with Gasteiger partial charge in [-0.15, -0.1) is 10.2 Å². The van der Waals surface area contributed by atoms with Crippen LogP contribution < -0.4 is 10.6 Å². The van der Waals surface area contributed by atoms with Crippen LogP contribution in [0.15, 0.2) is 53.7 Å².